The fourth-order valence-electron chi connectivity index (χ4n) is 5.30. The summed E-state index contributed by atoms with van der Waals surface area (Å²) in [7, 11) is 3.22. The number of methoxy groups -OCH3 is 2. The maximum Gasteiger partial charge on any atom is 0.254 e. The normalized spacial score (nSPS) is 18.7. The van der Waals surface area contributed by atoms with Crippen LogP contribution in [0.2, 0.25) is 0 Å². The predicted molar refractivity (Wildman–Crippen MR) is 132 cm³/mol. The zero-order valence-electron chi connectivity index (χ0n) is 20.6. The van der Waals surface area contributed by atoms with Gasteiger partial charge in [-0.25, -0.2) is 0 Å². The number of carbonyl (C=O) groups is 2. The first-order valence-corrected chi connectivity index (χ1v) is 12.2. The predicted octanol–water partition coefficient (Wildman–Crippen LogP) is 3.39. The molecule has 2 unspecified atom stereocenters. The Kier molecular flexibility index (Phi) is 7.41. The Labute approximate surface area is 202 Å². The maximum atomic E-state index is 13.7. The molecule has 0 aromatic heterocycles. The number of fused-ring (bicyclic) bond motifs is 4. The molecule has 2 aromatic carbocycles. The lowest BCUT2D eigenvalue weighted by Gasteiger charge is -2.45. The van der Waals surface area contributed by atoms with Crippen LogP contribution in [0.3, 0.4) is 0 Å². The molecule has 4 rings (SSSR count). The molecule has 0 aliphatic carbocycles. The molecule has 7 nitrogen and oxygen atoms in total. The van der Waals surface area contributed by atoms with E-state index in [0.29, 0.717) is 36.6 Å². The van der Waals surface area contributed by atoms with Gasteiger partial charge in [-0.2, -0.15) is 0 Å². The average Bonchev–Trinajstić information content (AvgIpc) is 2.87. The summed E-state index contributed by atoms with van der Waals surface area (Å²) < 4.78 is 11.1. The molecule has 2 aliphatic rings. The van der Waals surface area contributed by atoms with Gasteiger partial charge < -0.3 is 24.6 Å². The molecule has 1 N–H and O–H groups in total. The molecule has 182 valence electrons. The molecule has 2 heterocycles. The summed E-state index contributed by atoms with van der Waals surface area (Å²) in [5, 5.41) is 3.17. The number of amides is 2. The number of hydrogen-bond acceptors (Lipinski definition) is 5. The van der Waals surface area contributed by atoms with Gasteiger partial charge in [0.2, 0.25) is 5.91 Å². The Morgan fingerprint density at radius 3 is 2.50 bits per heavy atom. The second kappa shape index (κ2) is 10.5. The number of ether oxygens (including phenoxy) is 2. The van der Waals surface area contributed by atoms with Crippen molar-refractivity contribution in [2.75, 3.05) is 46.9 Å². The van der Waals surface area contributed by atoms with Crippen LogP contribution in [0.15, 0.2) is 36.4 Å². The largest absolute Gasteiger partial charge is 0.493 e. The lowest BCUT2D eigenvalue weighted by atomic mass is 9.75. The van der Waals surface area contributed by atoms with Gasteiger partial charge in [0.05, 0.1) is 26.2 Å². The number of carbonyl (C=O) groups excluding carboxylic acids is 2. The minimum Gasteiger partial charge on any atom is -0.493 e. The summed E-state index contributed by atoms with van der Waals surface area (Å²) >= 11 is 0. The maximum absolute atomic E-state index is 13.7. The first-order valence-electron chi connectivity index (χ1n) is 12.2. The van der Waals surface area contributed by atoms with E-state index in [1.807, 2.05) is 41.3 Å². The number of hydrogen-bond donors (Lipinski definition) is 1. The van der Waals surface area contributed by atoms with Crippen LogP contribution in [-0.2, 0) is 11.2 Å². The van der Waals surface area contributed by atoms with E-state index in [2.05, 4.69) is 24.1 Å². The van der Waals surface area contributed by atoms with E-state index in [9.17, 15) is 9.59 Å². The van der Waals surface area contributed by atoms with Crippen molar-refractivity contribution in [2.45, 2.75) is 38.6 Å². The molecule has 2 aliphatic heterocycles. The Morgan fingerprint density at radius 2 is 1.79 bits per heavy atom. The van der Waals surface area contributed by atoms with Gasteiger partial charge in [0.1, 0.15) is 0 Å². The fourth-order valence-corrected chi connectivity index (χ4v) is 5.30. The Hall–Kier alpha value is -3.06. The molecule has 0 spiro atoms. The SMILES string of the molecule is CCN(CC)CCCNC(=O)C1c2ccccc2C(=O)N2CCc3cc(OC)c(OC)cc3C12. The van der Waals surface area contributed by atoms with E-state index < -0.39 is 5.92 Å². The van der Waals surface area contributed by atoms with Gasteiger partial charge in [-0.05, 0) is 67.4 Å². The molecule has 2 aromatic rings. The third-order valence-electron chi connectivity index (χ3n) is 7.15. The molecule has 34 heavy (non-hydrogen) atoms. The van der Waals surface area contributed by atoms with Crippen LogP contribution >= 0.6 is 0 Å². The van der Waals surface area contributed by atoms with Crippen LogP contribution in [0.5, 0.6) is 11.5 Å². The van der Waals surface area contributed by atoms with Crippen molar-refractivity contribution in [1.29, 1.82) is 0 Å². The van der Waals surface area contributed by atoms with E-state index in [4.69, 9.17) is 9.47 Å². The number of nitrogens with zero attached hydrogens (tertiary/aromatic N) is 2. The van der Waals surface area contributed by atoms with Crippen molar-refractivity contribution >= 4 is 11.8 Å². The first-order chi connectivity index (χ1) is 16.5. The van der Waals surface area contributed by atoms with Crippen molar-refractivity contribution in [3.05, 3.63) is 58.7 Å². The summed E-state index contributed by atoms with van der Waals surface area (Å²) in [4.78, 5) is 31.3. The number of nitrogens with one attached hydrogen (secondary N) is 1. The van der Waals surface area contributed by atoms with Crippen LogP contribution < -0.4 is 14.8 Å². The van der Waals surface area contributed by atoms with Crippen LogP contribution in [0.1, 0.15) is 59.3 Å². The number of rotatable bonds is 9. The average molecular weight is 466 g/mol. The monoisotopic (exact) mass is 465 g/mol. The molecule has 2 amide bonds. The van der Waals surface area contributed by atoms with Crippen molar-refractivity contribution in [3.8, 4) is 11.5 Å². The summed E-state index contributed by atoms with van der Waals surface area (Å²) in [6.07, 6.45) is 1.59. The smallest absolute Gasteiger partial charge is 0.254 e. The van der Waals surface area contributed by atoms with Crippen molar-refractivity contribution in [2.24, 2.45) is 0 Å². The molecule has 0 bridgehead atoms. The zero-order chi connectivity index (χ0) is 24.2. The molecule has 7 heteroatoms. The fraction of sp³-hybridized carbons (Fsp3) is 0.481. The molecule has 0 radical (unpaired) electrons. The summed E-state index contributed by atoms with van der Waals surface area (Å²) in [5.74, 6) is 0.714. The van der Waals surface area contributed by atoms with Crippen LogP contribution in [0.25, 0.3) is 0 Å². The summed E-state index contributed by atoms with van der Waals surface area (Å²) in [5.41, 5.74) is 3.45. The highest BCUT2D eigenvalue weighted by Gasteiger charge is 2.46. The van der Waals surface area contributed by atoms with Crippen molar-refractivity contribution in [1.82, 2.24) is 15.1 Å². The van der Waals surface area contributed by atoms with Gasteiger partial charge in [-0.1, -0.05) is 32.0 Å². The highest BCUT2D eigenvalue weighted by atomic mass is 16.5. The topological polar surface area (TPSA) is 71.1 Å². The quantitative estimate of drug-likeness (QED) is 0.575. The third-order valence-corrected chi connectivity index (χ3v) is 7.15. The van der Waals surface area contributed by atoms with Gasteiger partial charge in [0.15, 0.2) is 11.5 Å². The number of benzene rings is 2. The standard InChI is InChI=1S/C27H35N3O4/c1-5-29(6-2)14-9-13-28-26(31)24-19-10-7-8-11-20(19)27(32)30-15-12-18-16-22(33-3)23(34-4)17-21(18)25(24)30/h7-8,10-11,16-17,24-25H,5-6,9,12-15H2,1-4H3,(H,28,31). The Balaban J connectivity index is 1.69. The molecule has 0 saturated carbocycles. The third kappa shape index (κ3) is 4.37. The highest BCUT2D eigenvalue weighted by Crippen LogP contribution is 2.48. The zero-order valence-corrected chi connectivity index (χ0v) is 20.6. The second-order valence-corrected chi connectivity index (χ2v) is 8.84. The van der Waals surface area contributed by atoms with E-state index in [1.54, 1.807) is 14.2 Å². The molecular formula is C27H35N3O4. The van der Waals surface area contributed by atoms with Crippen LogP contribution in [-0.4, -0.2) is 68.6 Å². The van der Waals surface area contributed by atoms with E-state index in [0.717, 1.165) is 42.7 Å². The summed E-state index contributed by atoms with van der Waals surface area (Å²) in [6.45, 7) is 8.41. The summed E-state index contributed by atoms with van der Waals surface area (Å²) in [6, 6.07) is 11.1. The van der Waals surface area contributed by atoms with E-state index in [1.165, 1.54) is 0 Å². The van der Waals surface area contributed by atoms with E-state index >= 15 is 0 Å². The van der Waals surface area contributed by atoms with Crippen molar-refractivity contribution < 1.29 is 19.1 Å². The van der Waals surface area contributed by atoms with E-state index in [-0.39, 0.29) is 17.9 Å². The van der Waals surface area contributed by atoms with Gasteiger partial charge in [-0.3, -0.25) is 9.59 Å². The molecule has 2 atom stereocenters. The molecule has 0 fully saturated rings. The van der Waals surface area contributed by atoms with Gasteiger partial charge >= 0.3 is 0 Å². The van der Waals surface area contributed by atoms with Gasteiger partial charge in [0, 0.05) is 18.7 Å². The Morgan fingerprint density at radius 1 is 1.09 bits per heavy atom. The minimum absolute atomic E-state index is 0.0216. The van der Waals surface area contributed by atoms with Crippen molar-refractivity contribution in [3.63, 3.8) is 0 Å². The molecular weight excluding hydrogens is 430 g/mol. The highest BCUT2D eigenvalue weighted by molar-refractivity contribution is 6.01. The minimum atomic E-state index is -0.487. The van der Waals surface area contributed by atoms with Gasteiger partial charge in [-0.15, -0.1) is 0 Å². The first kappa shape index (κ1) is 24.1. The second-order valence-electron chi connectivity index (χ2n) is 8.84. The van der Waals surface area contributed by atoms with Crippen LogP contribution in [0, 0.1) is 0 Å². The Bertz CT molecular complexity index is 1050. The molecule has 0 saturated heterocycles. The van der Waals surface area contributed by atoms with Crippen LogP contribution in [0.4, 0.5) is 0 Å². The lowest BCUT2D eigenvalue weighted by molar-refractivity contribution is -0.124. The lowest BCUT2D eigenvalue weighted by Crippen LogP contribution is -2.50. The van der Waals surface area contributed by atoms with Gasteiger partial charge in [0.25, 0.3) is 5.91 Å².